The zero-order valence-electron chi connectivity index (χ0n) is 21.6. The lowest BCUT2D eigenvalue weighted by atomic mass is 9.87. The third kappa shape index (κ3) is 4.79. The number of halogens is 3. The molecule has 3 atom stereocenters. The van der Waals surface area contributed by atoms with Gasteiger partial charge in [0.05, 0.1) is 46.4 Å². The van der Waals surface area contributed by atoms with Crippen molar-refractivity contribution in [1.29, 1.82) is 0 Å². The maximum atomic E-state index is 13.8. The van der Waals surface area contributed by atoms with E-state index in [9.17, 15) is 32.3 Å². The molecule has 42 heavy (non-hydrogen) atoms. The number of fused-ring (bicyclic) bond motifs is 2. The van der Waals surface area contributed by atoms with E-state index in [1.165, 1.54) is 24.0 Å². The van der Waals surface area contributed by atoms with Crippen LogP contribution in [0.5, 0.6) is 5.75 Å². The maximum Gasteiger partial charge on any atom is 0.416 e. The van der Waals surface area contributed by atoms with Gasteiger partial charge in [-0.25, -0.2) is 4.90 Å². The summed E-state index contributed by atoms with van der Waals surface area (Å²) in [6.45, 7) is -0.513. The predicted molar refractivity (Wildman–Crippen MR) is 148 cm³/mol. The van der Waals surface area contributed by atoms with Gasteiger partial charge in [-0.2, -0.15) is 13.2 Å². The standard InChI is InChI=1S/C28H20F3N3O6S2/c1-39-17-9-7-16(8-10-17)34-24(36)21-20(18-6-3-11-40-18)23-26(41-22(21)25(34)37)33(27(38)42-23)13-19(35)32-15-5-2-4-14(12-15)28(29,30)31/h2-12,20-22H,13H2,1H3,(H,32,35). The summed E-state index contributed by atoms with van der Waals surface area (Å²) in [6, 6.07) is 13.9. The second-order valence-corrected chi connectivity index (χ2v) is 11.6. The molecule has 2 aromatic carbocycles. The number of nitrogens with zero attached hydrogens (tertiary/aromatic N) is 2. The molecule has 9 nitrogen and oxygen atoms in total. The third-order valence-corrected chi connectivity index (χ3v) is 9.61. The molecule has 0 saturated carbocycles. The molecule has 3 amide bonds. The topological polar surface area (TPSA) is 111 Å². The maximum absolute atomic E-state index is 13.8. The van der Waals surface area contributed by atoms with E-state index in [-0.39, 0.29) is 5.69 Å². The summed E-state index contributed by atoms with van der Waals surface area (Å²) in [5.74, 6) is -2.40. The molecule has 4 aromatic rings. The first kappa shape index (κ1) is 27.8. The second-order valence-electron chi connectivity index (χ2n) is 9.52. The number of alkyl halides is 3. The lowest BCUT2D eigenvalue weighted by Gasteiger charge is -2.29. The number of carbonyl (C=O) groups is 3. The Morgan fingerprint density at radius 2 is 1.81 bits per heavy atom. The van der Waals surface area contributed by atoms with E-state index >= 15 is 0 Å². The van der Waals surface area contributed by atoms with Crippen LogP contribution < -0.4 is 19.8 Å². The number of benzene rings is 2. The number of nitrogens with one attached hydrogen (secondary N) is 1. The molecule has 6 rings (SSSR count). The molecule has 4 heterocycles. The van der Waals surface area contributed by atoms with Crippen molar-refractivity contribution in [3.63, 3.8) is 0 Å². The summed E-state index contributed by atoms with van der Waals surface area (Å²) < 4.78 is 51.3. The molecule has 0 radical (unpaired) electrons. The van der Waals surface area contributed by atoms with Gasteiger partial charge in [0.2, 0.25) is 17.7 Å². The molecule has 2 aromatic heterocycles. The highest BCUT2D eigenvalue weighted by Gasteiger charge is 2.57. The van der Waals surface area contributed by atoms with Gasteiger partial charge < -0.3 is 14.5 Å². The average Bonchev–Trinajstić information content (AvgIpc) is 3.66. The first-order valence-corrected chi connectivity index (χ1v) is 14.2. The van der Waals surface area contributed by atoms with Gasteiger partial charge in [0.1, 0.15) is 23.3 Å². The van der Waals surface area contributed by atoms with E-state index < -0.39 is 58.0 Å². The fourth-order valence-corrected chi connectivity index (χ4v) is 7.89. The van der Waals surface area contributed by atoms with Gasteiger partial charge in [-0.05, 0) is 54.6 Å². The molecule has 14 heteroatoms. The highest BCUT2D eigenvalue weighted by atomic mass is 32.2. The van der Waals surface area contributed by atoms with Gasteiger partial charge in [-0.15, -0.1) is 0 Å². The number of imide groups is 1. The van der Waals surface area contributed by atoms with Crippen LogP contribution in [0.25, 0.3) is 0 Å². The number of rotatable bonds is 6. The molecule has 2 aliphatic rings. The Bertz CT molecular complexity index is 1750. The van der Waals surface area contributed by atoms with Crippen molar-refractivity contribution in [1.82, 2.24) is 4.57 Å². The molecule has 3 unspecified atom stereocenters. The first-order chi connectivity index (χ1) is 20.1. The summed E-state index contributed by atoms with van der Waals surface area (Å²) in [4.78, 5) is 54.6. The molecular weight excluding hydrogens is 595 g/mol. The van der Waals surface area contributed by atoms with Crippen LogP contribution in [0.15, 0.2) is 81.2 Å². The Labute approximate surface area is 243 Å². The Hall–Kier alpha value is -4.30. The van der Waals surface area contributed by atoms with Crippen LogP contribution >= 0.6 is 23.1 Å². The van der Waals surface area contributed by atoms with Gasteiger partial charge in [0, 0.05) is 5.69 Å². The van der Waals surface area contributed by atoms with Crippen LogP contribution in [0.1, 0.15) is 22.1 Å². The number of carbonyl (C=O) groups excluding carboxylic acids is 3. The van der Waals surface area contributed by atoms with Crippen molar-refractivity contribution in [2.24, 2.45) is 5.92 Å². The number of hydrogen-bond donors (Lipinski definition) is 1. The highest BCUT2D eigenvalue weighted by Crippen LogP contribution is 2.54. The number of hydrogen-bond acceptors (Lipinski definition) is 8. The second kappa shape index (κ2) is 10.5. The van der Waals surface area contributed by atoms with E-state index in [4.69, 9.17) is 9.15 Å². The molecule has 0 aliphatic carbocycles. The number of anilines is 2. The van der Waals surface area contributed by atoms with E-state index in [1.54, 1.807) is 36.4 Å². The number of aromatic nitrogens is 1. The monoisotopic (exact) mass is 615 g/mol. The quantitative estimate of drug-likeness (QED) is 0.305. The predicted octanol–water partition coefficient (Wildman–Crippen LogP) is 4.96. The molecule has 0 bridgehead atoms. The summed E-state index contributed by atoms with van der Waals surface area (Å²) in [5.41, 5.74) is -0.654. The number of furan rings is 1. The van der Waals surface area contributed by atoms with Crippen molar-refractivity contribution in [2.75, 3.05) is 17.3 Å². The number of amides is 3. The zero-order valence-corrected chi connectivity index (χ0v) is 23.2. The first-order valence-electron chi connectivity index (χ1n) is 12.5. The molecular formula is C28H20F3N3O6S2. The van der Waals surface area contributed by atoms with E-state index in [2.05, 4.69) is 5.32 Å². The van der Waals surface area contributed by atoms with Gasteiger partial charge in [-0.3, -0.25) is 23.7 Å². The fraction of sp³-hybridized carbons (Fsp3) is 0.214. The van der Waals surface area contributed by atoms with Crippen LogP contribution in [0.4, 0.5) is 24.5 Å². The molecule has 1 fully saturated rings. The van der Waals surface area contributed by atoms with Crippen molar-refractivity contribution < 1.29 is 36.7 Å². The normalized spacial score (nSPS) is 19.9. The zero-order chi connectivity index (χ0) is 29.8. The number of thiazole rings is 1. The minimum absolute atomic E-state index is 0.0835. The summed E-state index contributed by atoms with van der Waals surface area (Å²) in [5, 5.41) is 1.81. The fourth-order valence-electron chi connectivity index (χ4n) is 5.13. The van der Waals surface area contributed by atoms with Gasteiger partial charge >= 0.3 is 11.0 Å². The number of ether oxygens (including phenoxy) is 1. The van der Waals surface area contributed by atoms with E-state index in [1.807, 2.05) is 0 Å². The van der Waals surface area contributed by atoms with Gasteiger partial charge in [0.15, 0.2) is 0 Å². The molecule has 1 N–H and O–H groups in total. The SMILES string of the molecule is COc1ccc(N2C(=O)C3Sc4c(sc(=O)n4CC(=O)Nc4cccc(C(F)(F)F)c4)C(c4ccco4)C3C2=O)cc1. The van der Waals surface area contributed by atoms with Crippen LogP contribution in [0, 0.1) is 5.92 Å². The minimum Gasteiger partial charge on any atom is -0.497 e. The number of thioether (sulfide) groups is 1. The largest absolute Gasteiger partial charge is 0.497 e. The Balaban J connectivity index is 1.34. The van der Waals surface area contributed by atoms with Crippen molar-refractivity contribution >= 4 is 52.2 Å². The highest BCUT2D eigenvalue weighted by molar-refractivity contribution is 8.00. The molecule has 216 valence electrons. The smallest absolute Gasteiger partial charge is 0.416 e. The van der Waals surface area contributed by atoms with Crippen LogP contribution in [0.3, 0.4) is 0 Å². The number of methoxy groups -OCH3 is 1. The lowest BCUT2D eigenvalue weighted by Crippen LogP contribution is -2.32. The van der Waals surface area contributed by atoms with Gasteiger partial charge in [0.25, 0.3) is 0 Å². The molecule has 0 spiro atoms. The third-order valence-electron chi connectivity index (χ3n) is 7.00. The van der Waals surface area contributed by atoms with Crippen molar-refractivity contribution in [2.45, 2.75) is 28.9 Å². The Morgan fingerprint density at radius 3 is 2.48 bits per heavy atom. The minimum atomic E-state index is -4.59. The lowest BCUT2D eigenvalue weighted by molar-refractivity contribution is -0.137. The van der Waals surface area contributed by atoms with Crippen molar-refractivity contribution in [3.05, 3.63) is 92.8 Å². The van der Waals surface area contributed by atoms with Crippen molar-refractivity contribution in [3.8, 4) is 5.75 Å². The van der Waals surface area contributed by atoms with Crippen LogP contribution in [0.2, 0.25) is 0 Å². The van der Waals surface area contributed by atoms with E-state index in [0.29, 0.717) is 27.1 Å². The van der Waals surface area contributed by atoms with E-state index in [0.717, 1.165) is 46.2 Å². The Morgan fingerprint density at radius 1 is 1.05 bits per heavy atom. The average molecular weight is 616 g/mol. The van der Waals surface area contributed by atoms with Crippen LogP contribution in [-0.2, 0) is 27.1 Å². The summed E-state index contributed by atoms with van der Waals surface area (Å²) >= 11 is 1.84. The van der Waals surface area contributed by atoms with Crippen LogP contribution in [-0.4, -0.2) is 34.6 Å². The summed E-state index contributed by atoms with van der Waals surface area (Å²) in [6.07, 6.45) is -3.17. The molecule has 1 saturated heterocycles. The summed E-state index contributed by atoms with van der Waals surface area (Å²) in [7, 11) is 1.50. The van der Waals surface area contributed by atoms with Gasteiger partial charge in [-0.1, -0.05) is 29.2 Å². The Kier molecular flexibility index (Phi) is 6.97. The molecule has 2 aliphatic heterocycles.